The zero-order chi connectivity index (χ0) is 14.7. The Morgan fingerprint density at radius 2 is 1.81 bits per heavy atom. The molecule has 21 heavy (non-hydrogen) atoms. The first-order valence-electron chi connectivity index (χ1n) is 6.69. The summed E-state index contributed by atoms with van der Waals surface area (Å²) in [5.74, 6) is 0.640. The third kappa shape index (κ3) is 2.54. The fraction of sp³-hybridized carbons (Fsp3) is 0.118. The van der Waals surface area contributed by atoms with E-state index in [0.29, 0.717) is 11.4 Å². The number of nitrogens with zero attached hydrogens (tertiary/aromatic N) is 3. The van der Waals surface area contributed by atoms with Crippen molar-refractivity contribution in [1.29, 1.82) is 5.26 Å². The Kier molecular flexibility index (Phi) is 3.48. The highest BCUT2D eigenvalue weighted by Gasteiger charge is 2.14. The van der Waals surface area contributed by atoms with Crippen LogP contribution in [0.4, 0.5) is 0 Å². The maximum atomic E-state index is 12.4. The topological polar surface area (TPSA) is 58.7 Å². The second-order valence-electron chi connectivity index (χ2n) is 4.73. The van der Waals surface area contributed by atoms with Gasteiger partial charge in [-0.2, -0.15) is 5.26 Å². The van der Waals surface area contributed by atoms with Gasteiger partial charge in [0.15, 0.2) is 5.78 Å². The summed E-state index contributed by atoms with van der Waals surface area (Å²) in [6.45, 7) is 0.196. The number of benzene rings is 2. The third-order valence-electron chi connectivity index (χ3n) is 3.37. The molecule has 4 heteroatoms. The number of hydrogen-bond acceptors (Lipinski definition) is 3. The highest BCUT2D eigenvalue weighted by Crippen LogP contribution is 2.17. The molecule has 0 aliphatic carbocycles. The van der Waals surface area contributed by atoms with E-state index in [1.54, 1.807) is 12.1 Å². The van der Waals surface area contributed by atoms with Gasteiger partial charge in [0, 0.05) is 5.56 Å². The second kappa shape index (κ2) is 5.59. The monoisotopic (exact) mass is 275 g/mol. The van der Waals surface area contributed by atoms with Crippen molar-refractivity contribution in [1.82, 2.24) is 9.55 Å². The van der Waals surface area contributed by atoms with Crippen molar-refractivity contribution in [2.75, 3.05) is 0 Å². The Morgan fingerprint density at radius 1 is 1.10 bits per heavy atom. The van der Waals surface area contributed by atoms with E-state index < -0.39 is 0 Å². The molecule has 2 aromatic carbocycles. The van der Waals surface area contributed by atoms with Crippen LogP contribution >= 0.6 is 0 Å². The molecule has 0 fully saturated rings. The van der Waals surface area contributed by atoms with Crippen LogP contribution < -0.4 is 0 Å². The first-order valence-corrected chi connectivity index (χ1v) is 6.69. The number of hydrogen-bond donors (Lipinski definition) is 0. The van der Waals surface area contributed by atoms with Crippen LogP contribution in [0.2, 0.25) is 0 Å². The molecule has 0 spiro atoms. The van der Waals surface area contributed by atoms with E-state index in [1.165, 1.54) is 0 Å². The quantitative estimate of drug-likeness (QED) is 0.688. The molecule has 1 heterocycles. The molecular formula is C17H13N3O. The summed E-state index contributed by atoms with van der Waals surface area (Å²) in [4.78, 5) is 16.8. The number of ketones is 1. The van der Waals surface area contributed by atoms with Crippen molar-refractivity contribution in [2.24, 2.45) is 0 Å². The first-order chi connectivity index (χ1) is 10.3. The van der Waals surface area contributed by atoms with Gasteiger partial charge in [0.1, 0.15) is 5.82 Å². The lowest BCUT2D eigenvalue weighted by Gasteiger charge is -2.07. The van der Waals surface area contributed by atoms with Crippen molar-refractivity contribution in [2.45, 2.75) is 13.0 Å². The first kappa shape index (κ1) is 13.1. The summed E-state index contributed by atoms with van der Waals surface area (Å²) in [6, 6.07) is 18.9. The highest BCUT2D eigenvalue weighted by atomic mass is 16.1. The summed E-state index contributed by atoms with van der Waals surface area (Å²) in [6.07, 6.45) is 0.191. The van der Waals surface area contributed by atoms with Crippen molar-refractivity contribution in [3.8, 4) is 6.07 Å². The van der Waals surface area contributed by atoms with Gasteiger partial charge in [0.25, 0.3) is 0 Å². The SMILES string of the molecule is N#CCc1nc2ccccc2n1CC(=O)c1ccccc1. The van der Waals surface area contributed by atoms with Crippen LogP contribution in [0.3, 0.4) is 0 Å². The van der Waals surface area contributed by atoms with Gasteiger partial charge in [-0.25, -0.2) is 4.98 Å². The van der Waals surface area contributed by atoms with Crippen LogP contribution in [0.1, 0.15) is 16.2 Å². The average molecular weight is 275 g/mol. The number of nitriles is 1. The largest absolute Gasteiger partial charge is 0.319 e. The summed E-state index contributed by atoms with van der Waals surface area (Å²) in [7, 11) is 0. The number of fused-ring (bicyclic) bond motifs is 1. The predicted octanol–water partition coefficient (Wildman–Crippen LogP) is 2.99. The number of aromatic nitrogens is 2. The molecule has 0 aliphatic heterocycles. The van der Waals surface area contributed by atoms with E-state index >= 15 is 0 Å². The van der Waals surface area contributed by atoms with Crippen molar-refractivity contribution in [3.05, 3.63) is 66.0 Å². The molecule has 0 atom stereocenters. The number of para-hydroxylation sites is 2. The molecule has 3 aromatic rings. The fourth-order valence-corrected chi connectivity index (χ4v) is 2.37. The van der Waals surface area contributed by atoms with Gasteiger partial charge in [-0.05, 0) is 12.1 Å². The van der Waals surface area contributed by atoms with Crippen LogP contribution in [-0.2, 0) is 13.0 Å². The maximum absolute atomic E-state index is 12.4. The van der Waals surface area contributed by atoms with Crippen molar-refractivity contribution in [3.63, 3.8) is 0 Å². The van der Waals surface area contributed by atoms with E-state index in [2.05, 4.69) is 11.1 Å². The molecule has 0 saturated carbocycles. The van der Waals surface area contributed by atoms with Gasteiger partial charge >= 0.3 is 0 Å². The summed E-state index contributed by atoms with van der Waals surface area (Å²) in [5, 5.41) is 8.93. The molecule has 0 amide bonds. The molecule has 4 nitrogen and oxygen atoms in total. The predicted molar refractivity (Wildman–Crippen MR) is 79.8 cm³/mol. The number of Topliss-reactive ketones (excluding diaryl/α,β-unsaturated/α-hetero) is 1. The minimum atomic E-state index is 0.0120. The molecule has 0 saturated heterocycles. The molecule has 102 valence electrons. The number of imidazole rings is 1. The minimum Gasteiger partial charge on any atom is -0.319 e. The Morgan fingerprint density at radius 3 is 2.57 bits per heavy atom. The summed E-state index contributed by atoms with van der Waals surface area (Å²) >= 11 is 0. The molecule has 3 rings (SSSR count). The normalized spacial score (nSPS) is 10.4. The number of rotatable bonds is 4. The van der Waals surface area contributed by atoms with E-state index in [4.69, 9.17) is 5.26 Å². The zero-order valence-electron chi connectivity index (χ0n) is 11.4. The van der Waals surface area contributed by atoms with Crippen LogP contribution in [0, 0.1) is 11.3 Å². The smallest absolute Gasteiger partial charge is 0.182 e. The highest BCUT2D eigenvalue weighted by molar-refractivity contribution is 5.96. The molecule has 0 aliphatic rings. The van der Waals surface area contributed by atoms with Gasteiger partial charge in [-0.1, -0.05) is 42.5 Å². The van der Waals surface area contributed by atoms with E-state index in [9.17, 15) is 4.79 Å². The van der Waals surface area contributed by atoms with Crippen LogP contribution in [0.5, 0.6) is 0 Å². The molecule has 1 aromatic heterocycles. The maximum Gasteiger partial charge on any atom is 0.182 e. The minimum absolute atomic E-state index is 0.0120. The van der Waals surface area contributed by atoms with Crippen LogP contribution in [0.15, 0.2) is 54.6 Å². The van der Waals surface area contributed by atoms with Gasteiger partial charge in [0.05, 0.1) is 30.1 Å². The Hall–Kier alpha value is -2.93. The molecule has 0 unspecified atom stereocenters. The molecule has 0 bridgehead atoms. The lowest BCUT2D eigenvalue weighted by molar-refractivity contribution is 0.0972. The Labute approximate surface area is 122 Å². The van der Waals surface area contributed by atoms with Gasteiger partial charge in [0.2, 0.25) is 0 Å². The lowest BCUT2D eigenvalue weighted by atomic mass is 10.1. The fourth-order valence-electron chi connectivity index (χ4n) is 2.37. The molecular weight excluding hydrogens is 262 g/mol. The standard InChI is InChI=1S/C17H13N3O/c18-11-10-17-19-14-8-4-5-9-15(14)20(17)12-16(21)13-6-2-1-3-7-13/h1-9H,10,12H2. The third-order valence-corrected chi connectivity index (χ3v) is 3.37. The van der Waals surface area contributed by atoms with E-state index in [0.717, 1.165) is 11.0 Å². The Bertz CT molecular complexity index is 828. The molecule has 0 radical (unpaired) electrons. The second-order valence-corrected chi connectivity index (χ2v) is 4.73. The number of carbonyl (C=O) groups is 1. The number of carbonyl (C=O) groups excluding carboxylic acids is 1. The summed E-state index contributed by atoms with van der Waals surface area (Å²) < 4.78 is 1.83. The van der Waals surface area contributed by atoms with Crippen molar-refractivity contribution >= 4 is 16.8 Å². The summed E-state index contributed by atoms with van der Waals surface area (Å²) in [5.41, 5.74) is 2.36. The van der Waals surface area contributed by atoms with Gasteiger partial charge < -0.3 is 4.57 Å². The lowest BCUT2D eigenvalue weighted by Crippen LogP contribution is -2.13. The Balaban J connectivity index is 2.01. The van der Waals surface area contributed by atoms with E-state index in [-0.39, 0.29) is 18.7 Å². The van der Waals surface area contributed by atoms with Gasteiger partial charge in [-0.15, -0.1) is 0 Å². The van der Waals surface area contributed by atoms with E-state index in [1.807, 2.05) is 47.0 Å². The van der Waals surface area contributed by atoms with Crippen LogP contribution in [-0.4, -0.2) is 15.3 Å². The van der Waals surface area contributed by atoms with Crippen molar-refractivity contribution < 1.29 is 4.79 Å². The molecule has 0 N–H and O–H groups in total. The van der Waals surface area contributed by atoms with Crippen LogP contribution in [0.25, 0.3) is 11.0 Å². The van der Waals surface area contributed by atoms with Gasteiger partial charge in [-0.3, -0.25) is 4.79 Å². The zero-order valence-corrected chi connectivity index (χ0v) is 11.4. The average Bonchev–Trinajstić information content (AvgIpc) is 2.86.